The Labute approximate surface area is 148 Å². The van der Waals surface area contributed by atoms with Crippen molar-refractivity contribution in [2.75, 3.05) is 12.8 Å². The van der Waals surface area contributed by atoms with E-state index in [2.05, 4.69) is 15.9 Å². The number of halogens is 2. The summed E-state index contributed by atoms with van der Waals surface area (Å²) >= 11 is 3.25. The molecule has 0 atom stereocenters. The van der Waals surface area contributed by atoms with Crippen LogP contribution >= 0.6 is 15.9 Å². The molecular formula is C16H16Br2N2O2. The van der Waals surface area contributed by atoms with E-state index in [0.29, 0.717) is 4.47 Å². The molecule has 0 aliphatic carbocycles. The van der Waals surface area contributed by atoms with Gasteiger partial charge in [0.05, 0.1) is 11.6 Å². The number of rotatable bonds is 1. The highest BCUT2D eigenvalue weighted by Gasteiger charge is 2.09. The molecule has 1 aromatic carbocycles. The van der Waals surface area contributed by atoms with Gasteiger partial charge in [0.1, 0.15) is 5.75 Å². The van der Waals surface area contributed by atoms with Gasteiger partial charge in [-0.15, -0.1) is 0 Å². The van der Waals surface area contributed by atoms with E-state index in [1.165, 1.54) is 0 Å². The van der Waals surface area contributed by atoms with Gasteiger partial charge in [-0.2, -0.15) is 4.40 Å². The average molecular weight is 428 g/mol. The summed E-state index contributed by atoms with van der Waals surface area (Å²) in [6.45, 7) is 0. The third-order valence-electron chi connectivity index (χ3n) is 2.86. The van der Waals surface area contributed by atoms with Crippen LogP contribution in [-0.4, -0.2) is 12.2 Å². The second-order valence-corrected chi connectivity index (χ2v) is 5.13. The Morgan fingerprint density at radius 1 is 1.05 bits per heavy atom. The van der Waals surface area contributed by atoms with Crippen LogP contribution in [0.25, 0.3) is 5.52 Å². The lowest BCUT2D eigenvalue weighted by Gasteiger charge is -1.97. The predicted octanol–water partition coefficient (Wildman–Crippen LogP) is 0.175. The molecule has 0 aliphatic heterocycles. The van der Waals surface area contributed by atoms with E-state index in [1.807, 2.05) is 53.2 Å². The standard InChI is InChI=1S/C9H6BrNO.C7H9NO.BrH/c10-7-4-6-11-5-2-1-3-8(11)9(7)12;1-9-7-4-2-6(8)3-5-7;/h1-6H;2-5H,8H2,1H3;1H. The number of aromatic hydroxyl groups is 1. The van der Waals surface area contributed by atoms with Gasteiger partial charge in [-0.05, 0) is 46.3 Å². The fourth-order valence-electron chi connectivity index (χ4n) is 1.74. The number of nitrogen functional groups attached to an aromatic ring is 1. The monoisotopic (exact) mass is 426 g/mol. The number of anilines is 1. The quantitative estimate of drug-likeness (QED) is 0.430. The highest BCUT2D eigenvalue weighted by atomic mass is 79.9. The number of fused-ring (bicyclic) bond motifs is 1. The number of ether oxygens (including phenoxy) is 1. The zero-order valence-corrected chi connectivity index (χ0v) is 15.1. The number of pyridine rings is 2. The van der Waals surface area contributed by atoms with Gasteiger partial charge in [0.25, 0.3) is 5.52 Å². The van der Waals surface area contributed by atoms with Crippen LogP contribution in [0.1, 0.15) is 0 Å². The Bertz CT molecular complexity index is 734. The third-order valence-corrected chi connectivity index (χ3v) is 3.50. The summed E-state index contributed by atoms with van der Waals surface area (Å²) in [6.07, 6.45) is 3.78. The van der Waals surface area contributed by atoms with E-state index < -0.39 is 0 Å². The molecule has 0 fully saturated rings. The molecule has 22 heavy (non-hydrogen) atoms. The second-order valence-electron chi connectivity index (χ2n) is 4.28. The minimum atomic E-state index is 0. The fourth-order valence-corrected chi connectivity index (χ4v) is 2.06. The summed E-state index contributed by atoms with van der Waals surface area (Å²) in [5, 5.41) is 9.59. The van der Waals surface area contributed by atoms with Crippen LogP contribution in [0.2, 0.25) is 0 Å². The summed E-state index contributed by atoms with van der Waals surface area (Å²) in [7, 11) is 1.63. The maximum atomic E-state index is 9.59. The third kappa shape index (κ3) is 4.61. The lowest BCUT2D eigenvalue weighted by Crippen LogP contribution is -3.00. The first-order chi connectivity index (χ1) is 10.1. The lowest BCUT2D eigenvalue weighted by molar-refractivity contribution is -0.512. The van der Waals surface area contributed by atoms with E-state index in [9.17, 15) is 5.11 Å². The van der Waals surface area contributed by atoms with Crippen LogP contribution in [0, 0.1) is 0 Å². The molecule has 2 aromatic heterocycles. The van der Waals surface area contributed by atoms with Crippen molar-refractivity contribution in [2.24, 2.45) is 0 Å². The fraction of sp³-hybridized carbons (Fsp3) is 0.0625. The highest BCUT2D eigenvalue weighted by molar-refractivity contribution is 9.10. The molecule has 0 unspecified atom stereocenters. The van der Waals surface area contributed by atoms with Crippen LogP contribution in [0.3, 0.4) is 0 Å². The number of hydrogen-bond acceptors (Lipinski definition) is 3. The maximum absolute atomic E-state index is 9.59. The Balaban J connectivity index is 0.000000219. The van der Waals surface area contributed by atoms with Gasteiger partial charge in [-0.3, -0.25) is 0 Å². The van der Waals surface area contributed by atoms with Crippen molar-refractivity contribution in [2.45, 2.75) is 0 Å². The van der Waals surface area contributed by atoms with Crippen molar-refractivity contribution in [3.8, 4) is 11.5 Å². The molecule has 2 heterocycles. The number of nitrogens with zero attached hydrogens (tertiary/aromatic N) is 1. The Hall–Kier alpha value is -1.79. The number of hydrogen-bond donors (Lipinski definition) is 2. The molecule has 0 bridgehead atoms. The number of nitrogens with two attached hydrogens (primary N) is 1. The number of benzene rings is 1. The largest absolute Gasteiger partial charge is 1.00 e. The molecule has 3 N–H and O–H groups in total. The summed E-state index contributed by atoms with van der Waals surface area (Å²) in [4.78, 5) is 0. The second kappa shape index (κ2) is 8.60. The van der Waals surface area contributed by atoms with Crippen LogP contribution < -0.4 is 31.9 Å². The van der Waals surface area contributed by atoms with Gasteiger partial charge in [0, 0.05) is 23.9 Å². The van der Waals surface area contributed by atoms with Crippen molar-refractivity contribution in [3.63, 3.8) is 0 Å². The van der Waals surface area contributed by atoms with Crippen LogP contribution in [-0.2, 0) is 0 Å². The molecule has 0 aliphatic rings. The molecule has 0 radical (unpaired) electrons. The molecule has 4 nitrogen and oxygen atoms in total. The minimum absolute atomic E-state index is 0. The molecule has 0 spiro atoms. The van der Waals surface area contributed by atoms with Crippen LogP contribution in [0.4, 0.5) is 5.69 Å². The molecule has 3 rings (SSSR count). The number of aromatic nitrogens is 1. The van der Waals surface area contributed by atoms with Crippen molar-refractivity contribution >= 4 is 27.1 Å². The van der Waals surface area contributed by atoms with Crippen LogP contribution in [0.15, 0.2) is 65.4 Å². The first-order valence-corrected chi connectivity index (χ1v) is 7.08. The summed E-state index contributed by atoms with van der Waals surface area (Å²) in [5.41, 5.74) is 6.98. The zero-order valence-electron chi connectivity index (χ0n) is 11.9. The van der Waals surface area contributed by atoms with Gasteiger partial charge < -0.3 is 32.6 Å². The summed E-state index contributed by atoms with van der Waals surface area (Å²) < 4.78 is 7.49. The first kappa shape index (κ1) is 18.3. The van der Waals surface area contributed by atoms with Gasteiger partial charge in [0.2, 0.25) is 5.75 Å². The Morgan fingerprint density at radius 2 is 1.73 bits per heavy atom. The van der Waals surface area contributed by atoms with Crippen molar-refractivity contribution in [1.29, 1.82) is 0 Å². The minimum Gasteiger partial charge on any atom is -1.00 e. The van der Waals surface area contributed by atoms with Crippen LogP contribution in [0.5, 0.6) is 11.5 Å². The molecule has 116 valence electrons. The van der Waals surface area contributed by atoms with Gasteiger partial charge in [-0.1, -0.05) is 0 Å². The van der Waals surface area contributed by atoms with E-state index >= 15 is 0 Å². The zero-order chi connectivity index (χ0) is 15.2. The van der Waals surface area contributed by atoms with E-state index in [0.717, 1.165) is 17.0 Å². The maximum Gasteiger partial charge on any atom is 0.253 e. The smallest absolute Gasteiger partial charge is 0.253 e. The van der Waals surface area contributed by atoms with Crippen molar-refractivity contribution in [1.82, 2.24) is 0 Å². The Kier molecular flexibility index (Phi) is 7.14. The predicted molar refractivity (Wildman–Crippen MR) is 86.4 cm³/mol. The lowest BCUT2D eigenvalue weighted by atomic mass is 10.3. The SMILES string of the molecule is COc1ccc(N)cc1.Oc1c(Br)cc[n+]2ccccc12.[Br-]. The molecular weight excluding hydrogens is 412 g/mol. The summed E-state index contributed by atoms with van der Waals surface area (Å²) in [5.74, 6) is 1.11. The first-order valence-electron chi connectivity index (χ1n) is 6.29. The molecule has 6 heteroatoms. The molecule has 0 amide bonds. The molecule has 0 saturated heterocycles. The van der Waals surface area contributed by atoms with Gasteiger partial charge in [-0.25, -0.2) is 0 Å². The Morgan fingerprint density at radius 3 is 2.36 bits per heavy atom. The van der Waals surface area contributed by atoms with E-state index in [-0.39, 0.29) is 22.7 Å². The van der Waals surface area contributed by atoms with Gasteiger partial charge >= 0.3 is 0 Å². The topological polar surface area (TPSA) is 59.6 Å². The molecule has 0 saturated carbocycles. The summed E-state index contributed by atoms with van der Waals surface area (Å²) in [6, 6.07) is 14.7. The van der Waals surface area contributed by atoms with Gasteiger partial charge in [0.15, 0.2) is 12.4 Å². The van der Waals surface area contributed by atoms with Crippen molar-refractivity contribution < 1.29 is 31.2 Å². The van der Waals surface area contributed by atoms with E-state index in [4.69, 9.17) is 10.5 Å². The van der Waals surface area contributed by atoms with E-state index in [1.54, 1.807) is 19.2 Å². The number of methoxy groups -OCH3 is 1. The van der Waals surface area contributed by atoms with Crippen molar-refractivity contribution in [3.05, 3.63) is 65.4 Å². The average Bonchev–Trinajstić information content (AvgIpc) is 2.53. The molecule has 3 aromatic rings. The highest BCUT2D eigenvalue weighted by Crippen LogP contribution is 2.24. The normalized spacial score (nSPS) is 9.36.